The van der Waals surface area contributed by atoms with Gasteiger partial charge in [-0.3, -0.25) is 0 Å². The van der Waals surface area contributed by atoms with E-state index in [0.29, 0.717) is 64.5 Å². The van der Waals surface area contributed by atoms with E-state index in [2.05, 4.69) is 15.3 Å². The summed E-state index contributed by atoms with van der Waals surface area (Å²) in [6.45, 7) is 7.12. The molecule has 6 rings (SSSR count). The number of rotatable bonds is 8. The Balaban J connectivity index is 1.31. The molecule has 44 heavy (non-hydrogen) atoms. The molecular formula is C32H33ClN6O5. The van der Waals surface area contributed by atoms with E-state index in [4.69, 9.17) is 35.3 Å². The first-order chi connectivity index (χ1) is 21.2. The maximum Gasteiger partial charge on any atom is 0.410 e. The summed E-state index contributed by atoms with van der Waals surface area (Å²) in [5, 5.41) is 9.65. The minimum atomic E-state index is -0.563. The molecule has 0 saturated carbocycles. The number of methoxy groups -OCH3 is 1. The average molecular weight is 617 g/mol. The highest BCUT2D eigenvalue weighted by Gasteiger charge is 2.31. The highest BCUT2D eigenvalue weighted by Crippen LogP contribution is 2.37. The minimum absolute atomic E-state index is 0.0439. The Morgan fingerprint density at radius 1 is 1.09 bits per heavy atom. The van der Waals surface area contributed by atoms with Gasteiger partial charge in [0.05, 0.1) is 30.4 Å². The molecule has 1 amide bonds. The van der Waals surface area contributed by atoms with Gasteiger partial charge in [-0.2, -0.15) is 5.10 Å². The van der Waals surface area contributed by atoms with Gasteiger partial charge in [0.2, 0.25) is 5.89 Å². The number of fused-ring (bicyclic) bond motifs is 1. The first-order valence-corrected chi connectivity index (χ1v) is 14.6. The lowest BCUT2D eigenvalue weighted by atomic mass is 10.2. The zero-order chi connectivity index (χ0) is 30.8. The van der Waals surface area contributed by atoms with Crippen LogP contribution in [-0.4, -0.2) is 62.6 Å². The van der Waals surface area contributed by atoms with E-state index in [-0.39, 0.29) is 12.1 Å². The molecule has 1 fully saturated rings. The quantitative estimate of drug-likeness (QED) is 0.196. The number of oxazole rings is 1. The lowest BCUT2D eigenvalue weighted by Gasteiger charge is -2.24. The molecule has 5 aromatic rings. The number of aromatic nitrogens is 4. The number of carbonyl (C=O) groups excluding carboxylic acids is 1. The molecule has 11 nitrogen and oxygen atoms in total. The molecule has 228 valence electrons. The summed E-state index contributed by atoms with van der Waals surface area (Å²) in [6, 6.07) is 14.9. The molecule has 1 N–H and O–H groups in total. The standard InChI is InChI=1S/C32H33ClN6O5/c1-32(2,3)44-31(40)38-15-12-21(19-38)36-28-27-26(43-23-9-10-24(25(33)17-23)30-35-14-16-42-30)11-13-34-29(27)39(37-28)18-20-5-7-22(41-4)8-6-20/h5-11,13-14,16-17,21H,12,15,18-19H2,1-4H3,(H,36,37). The van der Waals surface area contributed by atoms with Crippen LogP contribution < -0.4 is 14.8 Å². The van der Waals surface area contributed by atoms with E-state index in [1.165, 1.54) is 6.26 Å². The van der Waals surface area contributed by atoms with Crippen molar-refractivity contribution >= 4 is 34.5 Å². The topological polar surface area (TPSA) is 117 Å². The Kier molecular flexibility index (Phi) is 8.05. The van der Waals surface area contributed by atoms with Crippen LogP contribution in [0.3, 0.4) is 0 Å². The summed E-state index contributed by atoms with van der Waals surface area (Å²) in [7, 11) is 1.64. The Hall–Kier alpha value is -4.77. The number of amides is 1. The van der Waals surface area contributed by atoms with Gasteiger partial charge in [0, 0.05) is 37.5 Å². The molecule has 2 aromatic carbocycles. The smallest absolute Gasteiger partial charge is 0.410 e. The number of hydrogen-bond donors (Lipinski definition) is 1. The lowest BCUT2D eigenvalue weighted by molar-refractivity contribution is 0.0293. The number of pyridine rings is 1. The van der Waals surface area contributed by atoms with Crippen LogP contribution in [0.1, 0.15) is 32.8 Å². The zero-order valence-electron chi connectivity index (χ0n) is 24.9. The number of hydrogen-bond acceptors (Lipinski definition) is 9. The fraction of sp³-hybridized carbons (Fsp3) is 0.312. The number of likely N-dealkylation sites (tertiary alicyclic amines) is 1. The largest absolute Gasteiger partial charge is 0.497 e. The van der Waals surface area contributed by atoms with E-state index in [0.717, 1.165) is 17.7 Å². The predicted molar refractivity (Wildman–Crippen MR) is 166 cm³/mol. The van der Waals surface area contributed by atoms with Crippen LogP contribution in [-0.2, 0) is 11.3 Å². The van der Waals surface area contributed by atoms with Gasteiger partial charge < -0.3 is 28.8 Å². The highest BCUT2D eigenvalue weighted by atomic mass is 35.5. The molecule has 0 spiro atoms. The molecule has 4 heterocycles. The van der Waals surface area contributed by atoms with Crippen molar-refractivity contribution in [2.75, 3.05) is 25.5 Å². The third-order valence-electron chi connectivity index (χ3n) is 7.10. The van der Waals surface area contributed by atoms with Gasteiger partial charge in [0.25, 0.3) is 0 Å². The number of ether oxygens (including phenoxy) is 3. The van der Waals surface area contributed by atoms with Crippen molar-refractivity contribution in [2.45, 2.75) is 45.4 Å². The molecule has 1 unspecified atom stereocenters. The number of nitrogens with zero attached hydrogens (tertiary/aromatic N) is 5. The van der Waals surface area contributed by atoms with Crippen molar-refractivity contribution in [1.82, 2.24) is 24.6 Å². The zero-order valence-corrected chi connectivity index (χ0v) is 25.7. The third kappa shape index (κ3) is 6.42. The molecule has 1 aliphatic rings. The van der Waals surface area contributed by atoms with Crippen molar-refractivity contribution in [3.8, 4) is 28.7 Å². The Morgan fingerprint density at radius 3 is 2.59 bits per heavy atom. The molecular weight excluding hydrogens is 584 g/mol. The maximum absolute atomic E-state index is 12.7. The second kappa shape index (κ2) is 12.1. The Bertz CT molecular complexity index is 1760. The van der Waals surface area contributed by atoms with Crippen LogP contribution in [0.2, 0.25) is 5.02 Å². The first kappa shape index (κ1) is 29.3. The van der Waals surface area contributed by atoms with E-state index in [1.807, 2.05) is 55.8 Å². The number of benzene rings is 2. The summed E-state index contributed by atoms with van der Waals surface area (Å²) in [5.41, 5.74) is 1.77. The molecule has 0 bridgehead atoms. The number of carbonyl (C=O) groups is 1. The maximum atomic E-state index is 12.7. The van der Waals surface area contributed by atoms with Gasteiger partial charge in [-0.25, -0.2) is 19.4 Å². The third-order valence-corrected chi connectivity index (χ3v) is 7.41. The predicted octanol–water partition coefficient (Wildman–Crippen LogP) is 7.01. The summed E-state index contributed by atoms with van der Waals surface area (Å²) in [4.78, 5) is 23.3. The number of halogens is 1. The molecule has 1 saturated heterocycles. The van der Waals surface area contributed by atoms with Gasteiger partial charge in [0.15, 0.2) is 11.5 Å². The van der Waals surface area contributed by atoms with Crippen LogP contribution in [0.4, 0.5) is 10.6 Å². The fourth-order valence-corrected chi connectivity index (χ4v) is 5.30. The van der Waals surface area contributed by atoms with Crippen LogP contribution in [0.15, 0.2) is 71.6 Å². The van der Waals surface area contributed by atoms with Crippen LogP contribution >= 0.6 is 11.6 Å². The lowest BCUT2D eigenvalue weighted by Crippen LogP contribution is -2.36. The van der Waals surface area contributed by atoms with E-state index in [1.54, 1.807) is 42.6 Å². The van der Waals surface area contributed by atoms with Gasteiger partial charge in [0.1, 0.15) is 34.5 Å². The van der Waals surface area contributed by atoms with Crippen LogP contribution in [0.25, 0.3) is 22.5 Å². The van der Waals surface area contributed by atoms with Crippen LogP contribution in [0.5, 0.6) is 17.2 Å². The summed E-state index contributed by atoms with van der Waals surface area (Å²) in [5.74, 6) is 2.90. The minimum Gasteiger partial charge on any atom is -0.497 e. The fourth-order valence-electron chi connectivity index (χ4n) is 5.05. The summed E-state index contributed by atoms with van der Waals surface area (Å²) >= 11 is 6.57. The second-order valence-corrected chi connectivity index (χ2v) is 11.9. The number of anilines is 1. The molecule has 0 radical (unpaired) electrons. The van der Waals surface area contributed by atoms with Crippen molar-refractivity contribution in [3.05, 3.63) is 77.8 Å². The highest BCUT2D eigenvalue weighted by molar-refractivity contribution is 6.33. The van der Waals surface area contributed by atoms with Gasteiger partial charge in [-0.15, -0.1) is 0 Å². The molecule has 1 atom stereocenters. The van der Waals surface area contributed by atoms with Gasteiger partial charge >= 0.3 is 6.09 Å². The van der Waals surface area contributed by atoms with Crippen molar-refractivity contribution in [1.29, 1.82) is 0 Å². The van der Waals surface area contributed by atoms with Gasteiger partial charge in [-0.05, 0) is 57.0 Å². The van der Waals surface area contributed by atoms with Gasteiger partial charge in [-0.1, -0.05) is 23.7 Å². The second-order valence-electron chi connectivity index (χ2n) is 11.5. The van der Waals surface area contributed by atoms with Crippen molar-refractivity contribution < 1.29 is 23.4 Å². The monoisotopic (exact) mass is 616 g/mol. The SMILES string of the molecule is COc1ccc(Cn2nc(NC3CCN(C(=O)OC(C)(C)C)C3)c3c(Oc4ccc(-c5ncco5)c(Cl)c4)ccnc32)cc1. The number of nitrogens with one attached hydrogen (secondary N) is 1. The van der Waals surface area contributed by atoms with E-state index >= 15 is 0 Å². The normalized spacial score (nSPS) is 15.0. The van der Waals surface area contributed by atoms with Crippen molar-refractivity contribution in [2.24, 2.45) is 0 Å². The molecule has 12 heteroatoms. The molecule has 3 aromatic heterocycles. The Labute approximate surface area is 259 Å². The summed E-state index contributed by atoms with van der Waals surface area (Å²) < 4.78 is 24.5. The first-order valence-electron chi connectivity index (χ1n) is 14.3. The average Bonchev–Trinajstić information content (AvgIpc) is 3.75. The van der Waals surface area contributed by atoms with Crippen molar-refractivity contribution in [3.63, 3.8) is 0 Å². The van der Waals surface area contributed by atoms with Crippen LogP contribution in [0, 0.1) is 0 Å². The Morgan fingerprint density at radius 2 is 1.89 bits per heavy atom. The summed E-state index contributed by atoms with van der Waals surface area (Å²) in [6.07, 6.45) is 5.17. The van der Waals surface area contributed by atoms with E-state index in [9.17, 15) is 4.79 Å². The van der Waals surface area contributed by atoms with E-state index < -0.39 is 5.60 Å². The molecule has 1 aliphatic heterocycles. The molecule has 0 aliphatic carbocycles.